The molecule has 0 saturated heterocycles. The average Bonchev–Trinajstić information content (AvgIpc) is 2.66. The molecule has 1 amide bonds. The first-order valence-corrected chi connectivity index (χ1v) is 7.93. The largest absolute Gasteiger partial charge is 0.486 e. The van der Waals surface area contributed by atoms with E-state index in [1.165, 1.54) is 6.33 Å². The Hall–Kier alpha value is -3.35. The van der Waals surface area contributed by atoms with E-state index >= 15 is 0 Å². The van der Waals surface area contributed by atoms with E-state index in [0.29, 0.717) is 36.2 Å². The van der Waals surface area contributed by atoms with Gasteiger partial charge in [-0.3, -0.25) is 4.79 Å². The van der Waals surface area contributed by atoms with Crippen molar-refractivity contribution in [1.29, 1.82) is 0 Å². The van der Waals surface area contributed by atoms with Gasteiger partial charge in [0, 0.05) is 17.1 Å². The van der Waals surface area contributed by atoms with Crippen molar-refractivity contribution in [2.45, 2.75) is 0 Å². The molecule has 1 aliphatic heterocycles. The zero-order chi connectivity index (χ0) is 17.1. The van der Waals surface area contributed by atoms with Crippen LogP contribution in [0.3, 0.4) is 0 Å². The quantitative estimate of drug-likeness (QED) is 0.761. The third kappa shape index (κ3) is 3.30. The van der Waals surface area contributed by atoms with Gasteiger partial charge in [-0.05, 0) is 24.3 Å². The normalized spacial score (nSPS) is 12.6. The van der Waals surface area contributed by atoms with E-state index in [-0.39, 0.29) is 12.5 Å². The number of para-hydroxylation sites is 1. The first-order chi connectivity index (χ1) is 12.3. The minimum atomic E-state index is -0.181. The second kappa shape index (κ2) is 6.64. The van der Waals surface area contributed by atoms with Crippen LogP contribution in [-0.4, -0.2) is 35.6 Å². The molecule has 2 aromatic carbocycles. The molecule has 25 heavy (non-hydrogen) atoms. The van der Waals surface area contributed by atoms with Crippen LogP contribution in [0.25, 0.3) is 10.9 Å². The second-order valence-corrected chi connectivity index (χ2v) is 5.50. The number of aromatic nitrogens is 2. The molecule has 0 radical (unpaired) electrons. The molecule has 7 nitrogen and oxygen atoms in total. The summed E-state index contributed by atoms with van der Waals surface area (Å²) in [4.78, 5) is 20.6. The summed E-state index contributed by atoms with van der Waals surface area (Å²) in [6.45, 7) is 1.14. The highest BCUT2D eigenvalue weighted by atomic mass is 16.6. The standard InChI is InChI=1S/C18H16N4O3/c23-17(22-12-5-6-15-16(9-12)25-8-7-24-15)10-19-18-13-3-1-2-4-14(13)20-11-21-18/h1-6,9,11H,7-8,10H2,(H,22,23)(H,19,20,21). The Morgan fingerprint density at radius 3 is 2.80 bits per heavy atom. The highest BCUT2D eigenvalue weighted by Crippen LogP contribution is 2.32. The predicted molar refractivity (Wildman–Crippen MR) is 94.1 cm³/mol. The van der Waals surface area contributed by atoms with Crippen molar-refractivity contribution < 1.29 is 14.3 Å². The molecule has 126 valence electrons. The molecule has 2 N–H and O–H groups in total. The molecule has 3 aromatic rings. The molecule has 0 fully saturated rings. The number of benzene rings is 2. The van der Waals surface area contributed by atoms with E-state index in [1.807, 2.05) is 24.3 Å². The molecule has 4 rings (SSSR count). The van der Waals surface area contributed by atoms with E-state index < -0.39 is 0 Å². The Morgan fingerprint density at radius 2 is 1.88 bits per heavy atom. The lowest BCUT2D eigenvalue weighted by Crippen LogP contribution is -2.22. The Morgan fingerprint density at radius 1 is 1.04 bits per heavy atom. The van der Waals surface area contributed by atoms with Gasteiger partial charge in [0.1, 0.15) is 25.4 Å². The topological polar surface area (TPSA) is 85.4 Å². The average molecular weight is 336 g/mol. The lowest BCUT2D eigenvalue weighted by molar-refractivity contribution is -0.114. The smallest absolute Gasteiger partial charge is 0.243 e. The Kier molecular flexibility index (Phi) is 4.04. The van der Waals surface area contributed by atoms with Crippen LogP contribution in [0.2, 0.25) is 0 Å². The highest BCUT2D eigenvalue weighted by Gasteiger charge is 2.13. The molecule has 0 saturated carbocycles. The number of nitrogens with one attached hydrogen (secondary N) is 2. The molecule has 7 heteroatoms. The fraction of sp³-hybridized carbons (Fsp3) is 0.167. The van der Waals surface area contributed by atoms with Gasteiger partial charge < -0.3 is 20.1 Å². The van der Waals surface area contributed by atoms with Gasteiger partial charge in [0.15, 0.2) is 11.5 Å². The molecule has 1 aliphatic rings. The zero-order valence-electron chi connectivity index (χ0n) is 13.4. The van der Waals surface area contributed by atoms with E-state index in [2.05, 4.69) is 20.6 Å². The number of amides is 1. The molecule has 0 spiro atoms. The number of carbonyl (C=O) groups is 1. The van der Waals surface area contributed by atoms with E-state index in [1.54, 1.807) is 18.2 Å². The predicted octanol–water partition coefficient (Wildman–Crippen LogP) is 2.45. The summed E-state index contributed by atoms with van der Waals surface area (Å²) in [5, 5.41) is 6.75. The molecule has 0 atom stereocenters. The first-order valence-electron chi connectivity index (χ1n) is 7.93. The molecular formula is C18H16N4O3. The molecule has 1 aromatic heterocycles. The summed E-state index contributed by atoms with van der Waals surface area (Å²) < 4.78 is 11.0. The lowest BCUT2D eigenvalue weighted by Gasteiger charge is -2.19. The van der Waals surface area contributed by atoms with Gasteiger partial charge in [0.2, 0.25) is 5.91 Å². The van der Waals surface area contributed by atoms with Crippen LogP contribution in [0.1, 0.15) is 0 Å². The van der Waals surface area contributed by atoms with Crippen LogP contribution in [0, 0.1) is 0 Å². The van der Waals surface area contributed by atoms with Gasteiger partial charge in [0.25, 0.3) is 0 Å². The van der Waals surface area contributed by atoms with Gasteiger partial charge in [0.05, 0.1) is 12.1 Å². The van der Waals surface area contributed by atoms with E-state index in [9.17, 15) is 4.79 Å². The highest BCUT2D eigenvalue weighted by molar-refractivity contribution is 5.96. The minimum absolute atomic E-state index is 0.0927. The second-order valence-electron chi connectivity index (χ2n) is 5.50. The van der Waals surface area contributed by atoms with Crippen molar-refractivity contribution in [2.75, 3.05) is 30.4 Å². The summed E-state index contributed by atoms with van der Waals surface area (Å²) in [7, 11) is 0. The van der Waals surface area contributed by atoms with E-state index in [0.717, 1.165) is 10.9 Å². The summed E-state index contributed by atoms with van der Waals surface area (Å²) in [5.41, 5.74) is 1.48. The van der Waals surface area contributed by atoms with Crippen LogP contribution in [-0.2, 0) is 4.79 Å². The number of anilines is 2. The summed E-state index contributed by atoms with van der Waals surface area (Å²) in [5.74, 6) is 1.77. The van der Waals surface area contributed by atoms with Crippen molar-refractivity contribution in [3.8, 4) is 11.5 Å². The number of carbonyl (C=O) groups excluding carboxylic acids is 1. The number of hydrogen-bond donors (Lipinski definition) is 2. The van der Waals surface area contributed by atoms with Crippen LogP contribution in [0.15, 0.2) is 48.8 Å². The van der Waals surface area contributed by atoms with Crippen molar-refractivity contribution >= 4 is 28.3 Å². The van der Waals surface area contributed by atoms with Crippen LogP contribution >= 0.6 is 0 Å². The maximum absolute atomic E-state index is 12.2. The molecular weight excluding hydrogens is 320 g/mol. The summed E-state index contributed by atoms with van der Waals surface area (Å²) in [6.07, 6.45) is 1.48. The molecule has 0 unspecified atom stereocenters. The lowest BCUT2D eigenvalue weighted by atomic mass is 10.2. The maximum atomic E-state index is 12.2. The zero-order valence-corrected chi connectivity index (χ0v) is 13.4. The number of ether oxygens (including phenoxy) is 2. The SMILES string of the molecule is O=C(CNc1ncnc2ccccc12)Nc1ccc2c(c1)OCCO2. The summed E-state index contributed by atoms with van der Waals surface area (Å²) >= 11 is 0. The van der Waals surface area contributed by atoms with Crippen molar-refractivity contribution in [1.82, 2.24) is 9.97 Å². The Balaban J connectivity index is 1.42. The molecule has 0 bridgehead atoms. The summed E-state index contributed by atoms with van der Waals surface area (Å²) in [6, 6.07) is 13.0. The number of nitrogens with zero attached hydrogens (tertiary/aromatic N) is 2. The van der Waals surface area contributed by atoms with Crippen LogP contribution < -0.4 is 20.1 Å². The van der Waals surface area contributed by atoms with Crippen molar-refractivity contribution in [3.63, 3.8) is 0 Å². The third-order valence-corrected chi connectivity index (χ3v) is 3.79. The Bertz CT molecular complexity index is 924. The van der Waals surface area contributed by atoms with Crippen molar-refractivity contribution in [2.24, 2.45) is 0 Å². The van der Waals surface area contributed by atoms with E-state index in [4.69, 9.17) is 9.47 Å². The third-order valence-electron chi connectivity index (χ3n) is 3.79. The molecule has 0 aliphatic carbocycles. The van der Waals surface area contributed by atoms with Crippen molar-refractivity contribution in [3.05, 3.63) is 48.8 Å². The van der Waals surface area contributed by atoms with Gasteiger partial charge in [-0.2, -0.15) is 0 Å². The fourth-order valence-electron chi connectivity index (χ4n) is 2.64. The van der Waals surface area contributed by atoms with Gasteiger partial charge in [-0.1, -0.05) is 12.1 Å². The monoisotopic (exact) mass is 336 g/mol. The number of fused-ring (bicyclic) bond motifs is 2. The van der Waals surface area contributed by atoms with Gasteiger partial charge in [-0.15, -0.1) is 0 Å². The first kappa shape index (κ1) is 15.2. The number of rotatable bonds is 4. The Labute approximate surface area is 144 Å². The molecule has 2 heterocycles. The van der Waals surface area contributed by atoms with Crippen LogP contribution in [0.5, 0.6) is 11.5 Å². The number of hydrogen-bond acceptors (Lipinski definition) is 6. The maximum Gasteiger partial charge on any atom is 0.243 e. The van der Waals surface area contributed by atoms with Gasteiger partial charge in [-0.25, -0.2) is 9.97 Å². The minimum Gasteiger partial charge on any atom is -0.486 e. The van der Waals surface area contributed by atoms with Gasteiger partial charge >= 0.3 is 0 Å². The van der Waals surface area contributed by atoms with Crippen LogP contribution in [0.4, 0.5) is 11.5 Å². The fourth-order valence-corrected chi connectivity index (χ4v) is 2.64.